The summed E-state index contributed by atoms with van der Waals surface area (Å²) in [5, 5.41) is 14.6. The molecule has 0 bridgehead atoms. The lowest BCUT2D eigenvalue weighted by Crippen LogP contribution is -2.38. The van der Waals surface area contributed by atoms with Crippen LogP contribution in [0.5, 0.6) is 5.75 Å². The van der Waals surface area contributed by atoms with Gasteiger partial charge in [0.15, 0.2) is 0 Å². The minimum Gasteiger partial charge on any atom is -0.489 e. The summed E-state index contributed by atoms with van der Waals surface area (Å²) in [4.78, 5) is 15.1. The van der Waals surface area contributed by atoms with Crippen LogP contribution in [0.4, 0.5) is 0 Å². The second-order valence-electron chi connectivity index (χ2n) is 7.86. The Labute approximate surface area is 192 Å². The maximum Gasteiger partial charge on any atom is 0.321 e. The van der Waals surface area contributed by atoms with Crippen LogP contribution >= 0.6 is 11.6 Å². The number of aryl methyl sites for hydroxylation is 1. The zero-order chi connectivity index (χ0) is 22.5. The van der Waals surface area contributed by atoms with Crippen LogP contribution in [0.1, 0.15) is 22.3 Å². The van der Waals surface area contributed by atoms with Crippen LogP contribution in [-0.2, 0) is 24.4 Å². The highest BCUT2D eigenvalue weighted by molar-refractivity contribution is 6.30. The zero-order valence-corrected chi connectivity index (χ0v) is 18.5. The Kier molecular flexibility index (Phi) is 6.78. The van der Waals surface area contributed by atoms with Crippen LogP contribution in [-0.4, -0.2) is 22.1 Å². The number of aliphatic carboxylic acids is 1. The molecule has 0 aliphatic heterocycles. The summed E-state index contributed by atoms with van der Waals surface area (Å²) in [5.74, 6) is -0.224. The highest BCUT2D eigenvalue weighted by Crippen LogP contribution is 2.25. The maximum atomic E-state index is 11.9. The first-order chi connectivity index (χ1) is 15.5. The Morgan fingerprint density at radius 2 is 1.88 bits per heavy atom. The number of aromatic nitrogens is 1. The van der Waals surface area contributed by atoms with E-state index in [1.807, 2.05) is 73.8 Å². The van der Waals surface area contributed by atoms with E-state index >= 15 is 0 Å². The van der Waals surface area contributed by atoms with E-state index in [-0.39, 0.29) is 0 Å². The van der Waals surface area contributed by atoms with Crippen molar-refractivity contribution in [3.63, 3.8) is 0 Å². The fourth-order valence-corrected chi connectivity index (χ4v) is 3.87. The number of hydrogen-bond donors (Lipinski definition) is 3. The van der Waals surface area contributed by atoms with Gasteiger partial charge in [-0.1, -0.05) is 59.6 Å². The molecule has 5 nitrogen and oxygen atoms in total. The number of carboxylic acids is 1. The van der Waals surface area contributed by atoms with Crippen molar-refractivity contribution in [2.45, 2.75) is 32.5 Å². The quantitative estimate of drug-likeness (QED) is 0.316. The fourth-order valence-electron chi connectivity index (χ4n) is 3.67. The summed E-state index contributed by atoms with van der Waals surface area (Å²) in [6, 6.07) is 20.7. The SMILES string of the molecule is Cc1ccc(COc2ccc(Cl)cc2CNC(Cc2c[nH]c3ccccc23)C(=O)O)cc1. The van der Waals surface area contributed by atoms with Crippen molar-refractivity contribution < 1.29 is 14.6 Å². The van der Waals surface area contributed by atoms with Crippen LogP contribution in [0.25, 0.3) is 10.9 Å². The Morgan fingerprint density at radius 3 is 2.66 bits per heavy atom. The minimum atomic E-state index is -0.903. The van der Waals surface area contributed by atoms with Crippen LogP contribution in [0.3, 0.4) is 0 Å². The van der Waals surface area contributed by atoms with Gasteiger partial charge >= 0.3 is 5.97 Å². The molecule has 1 aromatic heterocycles. The molecule has 0 spiro atoms. The number of halogens is 1. The van der Waals surface area contributed by atoms with Crippen molar-refractivity contribution >= 4 is 28.5 Å². The molecular weight excluding hydrogens is 424 g/mol. The lowest BCUT2D eigenvalue weighted by atomic mass is 10.0. The molecule has 0 amide bonds. The Balaban J connectivity index is 1.46. The number of H-pyrrole nitrogens is 1. The highest BCUT2D eigenvalue weighted by Gasteiger charge is 2.20. The van der Waals surface area contributed by atoms with Crippen molar-refractivity contribution in [1.29, 1.82) is 0 Å². The Morgan fingerprint density at radius 1 is 1.09 bits per heavy atom. The Hall–Kier alpha value is -3.28. The average Bonchev–Trinajstić information content (AvgIpc) is 3.19. The topological polar surface area (TPSA) is 74.3 Å². The van der Waals surface area contributed by atoms with Crippen molar-refractivity contribution in [2.75, 3.05) is 0 Å². The summed E-state index contributed by atoms with van der Waals surface area (Å²) in [7, 11) is 0. The maximum absolute atomic E-state index is 11.9. The minimum absolute atomic E-state index is 0.323. The predicted octanol–water partition coefficient (Wildman–Crippen LogP) is 5.49. The lowest BCUT2D eigenvalue weighted by molar-refractivity contribution is -0.139. The van der Waals surface area contributed by atoms with E-state index in [9.17, 15) is 9.90 Å². The van der Waals surface area contributed by atoms with Gasteiger partial charge in [-0.3, -0.25) is 10.1 Å². The number of para-hydroxylation sites is 1. The normalized spacial score (nSPS) is 12.1. The molecule has 0 fully saturated rings. The van der Waals surface area contributed by atoms with Gasteiger partial charge in [-0.2, -0.15) is 0 Å². The predicted molar refractivity (Wildman–Crippen MR) is 127 cm³/mol. The average molecular weight is 449 g/mol. The van der Waals surface area contributed by atoms with Crippen LogP contribution in [0.15, 0.2) is 72.9 Å². The van der Waals surface area contributed by atoms with E-state index in [4.69, 9.17) is 16.3 Å². The molecule has 0 saturated heterocycles. The Bertz CT molecular complexity index is 1220. The molecule has 0 radical (unpaired) electrons. The lowest BCUT2D eigenvalue weighted by Gasteiger charge is -2.17. The number of ether oxygens (including phenoxy) is 1. The van der Waals surface area contributed by atoms with E-state index in [1.54, 1.807) is 6.07 Å². The molecule has 0 aliphatic rings. The molecular formula is C26H25ClN2O3. The molecule has 1 heterocycles. The summed E-state index contributed by atoms with van der Waals surface area (Å²) in [6.45, 7) is 2.79. The first-order valence-electron chi connectivity index (χ1n) is 10.5. The molecule has 3 aromatic carbocycles. The molecule has 0 saturated carbocycles. The largest absolute Gasteiger partial charge is 0.489 e. The number of carboxylic acid groups (broad SMARTS) is 1. The number of rotatable bonds is 9. The van der Waals surface area contributed by atoms with Gasteiger partial charge in [0.05, 0.1) is 0 Å². The van der Waals surface area contributed by atoms with E-state index in [1.165, 1.54) is 5.56 Å². The van der Waals surface area contributed by atoms with Crippen LogP contribution in [0.2, 0.25) is 5.02 Å². The van der Waals surface area contributed by atoms with E-state index in [0.717, 1.165) is 27.6 Å². The standard InChI is InChI=1S/C26H25ClN2O3/c1-17-6-8-18(9-7-17)16-32-25-11-10-21(27)12-20(25)15-29-24(26(30)31)13-19-14-28-23-5-3-2-4-22(19)23/h2-12,14,24,28-29H,13,15-16H2,1H3,(H,30,31). The zero-order valence-electron chi connectivity index (χ0n) is 17.8. The third-order valence-corrected chi connectivity index (χ3v) is 5.71. The van der Waals surface area contributed by atoms with E-state index in [2.05, 4.69) is 10.3 Å². The summed E-state index contributed by atoms with van der Waals surface area (Å²) in [5.41, 5.74) is 5.03. The van der Waals surface area contributed by atoms with Gasteiger partial charge in [0.25, 0.3) is 0 Å². The molecule has 4 aromatic rings. The smallest absolute Gasteiger partial charge is 0.321 e. The molecule has 164 valence electrons. The third kappa shape index (κ3) is 5.31. The summed E-state index contributed by atoms with van der Waals surface area (Å²) < 4.78 is 6.02. The second-order valence-corrected chi connectivity index (χ2v) is 8.30. The summed E-state index contributed by atoms with van der Waals surface area (Å²) >= 11 is 6.21. The molecule has 1 atom stereocenters. The number of aromatic amines is 1. The third-order valence-electron chi connectivity index (χ3n) is 5.47. The molecule has 32 heavy (non-hydrogen) atoms. The second kappa shape index (κ2) is 9.90. The first kappa shape index (κ1) is 21.9. The number of fused-ring (bicyclic) bond motifs is 1. The van der Waals surface area contributed by atoms with Gasteiger partial charge < -0.3 is 14.8 Å². The van der Waals surface area contributed by atoms with Gasteiger partial charge in [0.2, 0.25) is 0 Å². The first-order valence-corrected chi connectivity index (χ1v) is 10.9. The summed E-state index contributed by atoms with van der Waals surface area (Å²) in [6.07, 6.45) is 2.23. The van der Waals surface area contributed by atoms with E-state index < -0.39 is 12.0 Å². The van der Waals surface area contributed by atoms with Crippen molar-refractivity contribution in [3.8, 4) is 5.75 Å². The van der Waals surface area contributed by atoms with Crippen LogP contribution in [0, 0.1) is 6.92 Å². The van der Waals surface area contributed by atoms with Gasteiger partial charge in [-0.25, -0.2) is 0 Å². The number of carbonyl (C=O) groups is 1. The van der Waals surface area contributed by atoms with Gasteiger partial charge in [-0.05, 0) is 42.3 Å². The van der Waals surface area contributed by atoms with Gasteiger partial charge in [0, 0.05) is 40.7 Å². The number of benzene rings is 3. The van der Waals surface area contributed by atoms with Crippen molar-refractivity contribution in [2.24, 2.45) is 0 Å². The monoisotopic (exact) mass is 448 g/mol. The van der Waals surface area contributed by atoms with Crippen molar-refractivity contribution in [1.82, 2.24) is 10.3 Å². The molecule has 4 rings (SSSR count). The van der Waals surface area contributed by atoms with Crippen LogP contribution < -0.4 is 10.1 Å². The molecule has 3 N–H and O–H groups in total. The number of nitrogens with one attached hydrogen (secondary N) is 2. The van der Waals surface area contributed by atoms with Crippen molar-refractivity contribution in [3.05, 3.63) is 100 Å². The fraction of sp³-hybridized carbons (Fsp3) is 0.192. The van der Waals surface area contributed by atoms with Gasteiger partial charge in [0.1, 0.15) is 18.4 Å². The highest BCUT2D eigenvalue weighted by atomic mass is 35.5. The van der Waals surface area contributed by atoms with E-state index in [0.29, 0.717) is 30.3 Å². The molecule has 6 heteroatoms. The van der Waals surface area contributed by atoms with Gasteiger partial charge in [-0.15, -0.1) is 0 Å². The molecule has 0 aliphatic carbocycles. The number of hydrogen-bond acceptors (Lipinski definition) is 3. The molecule has 1 unspecified atom stereocenters.